The maximum absolute atomic E-state index is 9.25. The summed E-state index contributed by atoms with van der Waals surface area (Å²) in [5.41, 5.74) is 0. The lowest BCUT2D eigenvalue weighted by Crippen LogP contribution is -1.82. The van der Waals surface area contributed by atoms with E-state index in [4.69, 9.17) is 10.4 Å². The van der Waals surface area contributed by atoms with Crippen LogP contribution in [-0.4, -0.2) is 11.1 Å². The second kappa shape index (κ2) is 15.6. The molecule has 0 bridgehead atoms. The highest BCUT2D eigenvalue weighted by atomic mass is 35.5. The quantitative estimate of drug-likeness (QED) is 0.467. The molecular formula is C6H8ClNO2. The van der Waals surface area contributed by atoms with E-state index in [0.717, 1.165) is 6.08 Å². The summed E-state index contributed by atoms with van der Waals surface area (Å²) in [6, 6.07) is 1.69. The predicted molar refractivity (Wildman–Crippen MR) is 40.9 cm³/mol. The fourth-order valence-corrected chi connectivity index (χ4v) is 0. The summed E-state index contributed by atoms with van der Waals surface area (Å²) in [5, 5.41) is 15.1. The Morgan fingerprint density at radius 1 is 1.60 bits per heavy atom. The summed E-state index contributed by atoms with van der Waals surface area (Å²) >= 11 is 0. The first-order chi connectivity index (χ1) is 4.18. The molecule has 10 heavy (non-hydrogen) atoms. The van der Waals surface area contributed by atoms with Gasteiger partial charge in [0.1, 0.15) is 0 Å². The summed E-state index contributed by atoms with van der Waals surface area (Å²) in [7, 11) is 0. The Labute approximate surface area is 65.7 Å². The van der Waals surface area contributed by atoms with Crippen molar-refractivity contribution < 1.29 is 9.90 Å². The molecular weight excluding hydrogens is 154 g/mol. The summed E-state index contributed by atoms with van der Waals surface area (Å²) in [5.74, 6) is -0.981. The Bertz CT molecular complexity index is 148. The third kappa shape index (κ3) is 73.8. The van der Waals surface area contributed by atoms with Gasteiger partial charge < -0.3 is 5.11 Å². The summed E-state index contributed by atoms with van der Waals surface area (Å²) in [4.78, 5) is 9.25. The number of nitrogens with zero attached hydrogens (tertiary/aromatic N) is 1. The van der Waals surface area contributed by atoms with E-state index in [1.165, 1.54) is 6.08 Å². The SMILES string of the molecule is C=CC#N.C=CC(=O)O.Cl. The molecule has 0 saturated carbocycles. The first-order valence-electron chi connectivity index (χ1n) is 2.05. The number of carbonyl (C=O) groups is 1. The van der Waals surface area contributed by atoms with Crippen molar-refractivity contribution in [2.24, 2.45) is 0 Å². The average Bonchev–Trinajstić information content (AvgIpc) is 1.89. The molecule has 0 aromatic carbocycles. The average molecular weight is 162 g/mol. The minimum Gasteiger partial charge on any atom is -0.478 e. The zero-order valence-electron chi connectivity index (χ0n) is 5.28. The number of aliphatic carboxylic acids is 1. The molecule has 0 aromatic rings. The van der Waals surface area contributed by atoms with Gasteiger partial charge in [-0.2, -0.15) is 5.26 Å². The molecule has 0 atom stereocenters. The Morgan fingerprint density at radius 2 is 1.80 bits per heavy atom. The molecule has 0 heterocycles. The van der Waals surface area contributed by atoms with E-state index in [9.17, 15) is 4.79 Å². The van der Waals surface area contributed by atoms with Crippen molar-refractivity contribution in [3.63, 3.8) is 0 Å². The molecule has 4 heteroatoms. The van der Waals surface area contributed by atoms with Crippen molar-refractivity contribution in [2.45, 2.75) is 0 Å². The standard InChI is InChI=1S/C3H3N.C3H4O2.ClH/c1-2-3-4;1-2-3(4)5;/h2H,1H2;2H,1H2,(H,4,5);1H. The molecule has 56 valence electrons. The summed E-state index contributed by atoms with van der Waals surface area (Å²) in [6.07, 6.45) is 2.01. The maximum Gasteiger partial charge on any atom is 0.327 e. The minimum atomic E-state index is -0.981. The third-order valence-electron chi connectivity index (χ3n) is 0.266. The van der Waals surface area contributed by atoms with Crippen molar-refractivity contribution in [1.29, 1.82) is 5.26 Å². The molecule has 0 aliphatic rings. The summed E-state index contributed by atoms with van der Waals surface area (Å²) < 4.78 is 0. The lowest BCUT2D eigenvalue weighted by Gasteiger charge is -1.64. The van der Waals surface area contributed by atoms with E-state index in [1.807, 2.05) is 0 Å². The van der Waals surface area contributed by atoms with Crippen molar-refractivity contribution in [2.75, 3.05) is 0 Å². The Kier molecular flexibility index (Phi) is 24.9. The third-order valence-corrected chi connectivity index (χ3v) is 0.266. The molecule has 0 spiro atoms. The van der Waals surface area contributed by atoms with Crippen LogP contribution in [0.4, 0.5) is 0 Å². The van der Waals surface area contributed by atoms with Gasteiger partial charge >= 0.3 is 5.97 Å². The van der Waals surface area contributed by atoms with Crippen LogP contribution < -0.4 is 0 Å². The van der Waals surface area contributed by atoms with E-state index in [2.05, 4.69) is 13.2 Å². The molecule has 0 unspecified atom stereocenters. The van der Waals surface area contributed by atoms with Crippen molar-refractivity contribution in [3.05, 3.63) is 25.3 Å². The number of nitriles is 1. The van der Waals surface area contributed by atoms with Gasteiger partial charge in [0, 0.05) is 12.2 Å². The monoisotopic (exact) mass is 161 g/mol. The zero-order valence-corrected chi connectivity index (χ0v) is 6.10. The molecule has 1 N–H and O–H groups in total. The number of carboxylic acid groups (broad SMARTS) is 1. The molecule has 0 radical (unpaired) electrons. The Hall–Kier alpha value is -1.27. The van der Waals surface area contributed by atoms with Crippen LogP contribution in [0.2, 0.25) is 0 Å². The molecule has 0 aliphatic carbocycles. The number of halogens is 1. The van der Waals surface area contributed by atoms with Gasteiger partial charge in [-0.15, -0.1) is 12.4 Å². The lowest BCUT2D eigenvalue weighted by molar-refractivity contribution is -0.131. The number of hydrogen-bond donors (Lipinski definition) is 1. The smallest absolute Gasteiger partial charge is 0.327 e. The van der Waals surface area contributed by atoms with Crippen LogP contribution in [0.25, 0.3) is 0 Å². The van der Waals surface area contributed by atoms with E-state index in [0.29, 0.717) is 0 Å². The van der Waals surface area contributed by atoms with E-state index in [1.54, 1.807) is 6.07 Å². The second-order valence-corrected chi connectivity index (χ2v) is 0.876. The van der Waals surface area contributed by atoms with Crippen molar-refractivity contribution in [3.8, 4) is 6.07 Å². The highest BCUT2D eigenvalue weighted by Gasteiger charge is 1.73. The number of allylic oxidation sites excluding steroid dienone is 1. The highest BCUT2D eigenvalue weighted by Crippen LogP contribution is 1.54. The van der Waals surface area contributed by atoms with Crippen LogP contribution in [0.1, 0.15) is 0 Å². The highest BCUT2D eigenvalue weighted by molar-refractivity contribution is 5.85. The van der Waals surface area contributed by atoms with Gasteiger partial charge in [-0.1, -0.05) is 13.2 Å². The van der Waals surface area contributed by atoms with Crippen molar-refractivity contribution >= 4 is 18.4 Å². The van der Waals surface area contributed by atoms with Crippen LogP contribution in [0, 0.1) is 11.3 Å². The molecule has 0 fully saturated rings. The van der Waals surface area contributed by atoms with Gasteiger partial charge in [0.15, 0.2) is 0 Å². The van der Waals surface area contributed by atoms with Crippen molar-refractivity contribution in [1.82, 2.24) is 0 Å². The van der Waals surface area contributed by atoms with Crippen LogP contribution in [0.3, 0.4) is 0 Å². The van der Waals surface area contributed by atoms with Crippen LogP contribution in [0.15, 0.2) is 25.3 Å². The molecule has 3 nitrogen and oxygen atoms in total. The zero-order chi connectivity index (χ0) is 7.70. The minimum absolute atomic E-state index is 0. The summed E-state index contributed by atoms with van der Waals surface area (Å²) in [6.45, 7) is 6.08. The van der Waals surface area contributed by atoms with Gasteiger partial charge in [0.25, 0.3) is 0 Å². The molecule has 0 aromatic heterocycles. The second-order valence-electron chi connectivity index (χ2n) is 0.876. The van der Waals surface area contributed by atoms with Crippen LogP contribution in [0.5, 0.6) is 0 Å². The topological polar surface area (TPSA) is 61.1 Å². The Morgan fingerprint density at radius 3 is 1.80 bits per heavy atom. The van der Waals surface area contributed by atoms with Crippen LogP contribution in [-0.2, 0) is 4.79 Å². The van der Waals surface area contributed by atoms with E-state index < -0.39 is 5.97 Å². The van der Waals surface area contributed by atoms with Gasteiger partial charge in [-0.25, -0.2) is 4.79 Å². The molecule has 0 rings (SSSR count). The normalized spacial score (nSPS) is 4.70. The maximum atomic E-state index is 9.25. The Balaban J connectivity index is -0.0000000910. The fraction of sp³-hybridized carbons (Fsp3) is 0. The number of hydrogen-bond acceptors (Lipinski definition) is 2. The van der Waals surface area contributed by atoms with Gasteiger partial charge in [0.05, 0.1) is 6.07 Å². The van der Waals surface area contributed by atoms with Gasteiger partial charge in [-0.3, -0.25) is 0 Å². The largest absolute Gasteiger partial charge is 0.478 e. The fourth-order valence-electron chi connectivity index (χ4n) is 0. The molecule has 0 amide bonds. The van der Waals surface area contributed by atoms with E-state index >= 15 is 0 Å². The number of rotatable bonds is 1. The lowest BCUT2D eigenvalue weighted by atomic mass is 10.7. The number of carboxylic acids is 1. The van der Waals surface area contributed by atoms with Gasteiger partial charge in [0.2, 0.25) is 0 Å². The first-order valence-corrected chi connectivity index (χ1v) is 2.05. The molecule has 0 aliphatic heterocycles. The van der Waals surface area contributed by atoms with Crippen LogP contribution >= 0.6 is 12.4 Å². The predicted octanol–water partition coefficient (Wildman–Crippen LogP) is 1.37. The molecule has 0 saturated heterocycles. The van der Waals surface area contributed by atoms with E-state index in [-0.39, 0.29) is 12.4 Å². The first kappa shape index (κ1) is 15.9. The van der Waals surface area contributed by atoms with Gasteiger partial charge in [-0.05, 0) is 0 Å².